The van der Waals surface area contributed by atoms with Crippen LogP contribution in [0.4, 0.5) is 0 Å². The normalized spacial score (nSPS) is 11.2. The lowest BCUT2D eigenvalue weighted by Crippen LogP contribution is -2.23. The van der Waals surface area contributed by atoms with E-state index in [4.69, 9.17) is 4.74 Å². The Kier molecular flexibility index (Phi) is 5.22. The van der Waals surface area contributed by atoms with Crippen LogP contribution in [-0.4, -0.2) is 29.6 Å². The van der Waals surface area contributed by atoms with Crippen molar-refractivity contribution in [2.24, 2.45) is 7.05 Å². The SMILES string of the molecule is Cc1cc(-n2nc(C)c(C)c2C)ccc1OCc1c(C)cccc1-n1nnn(C)c1=O. The van der Waals surface area contributed by atoms with Gasteiger partial charge in [-0.25, -0.2) is 9.48 Å². The van der Waals surface area contributed by atoms with Gasteiger partial charge in [-0.2, -0.15) is 14.5 Å². The highest BCUT2D eigenvalue weighted by Crippen LogP contribution is 2.26. The van der Waals surface area contributed by atoms with E-state index in [1.54, 1.807) is 7.05 Å². The average Bonchev–Trinajstić information content (AvgIpc) is 3.21. The average molecular weight is 419 g/mol. The monoisotopic (exact) mass is 418 g/mol. The molecule has 2 aromatic carbocycles. The first-order valence-corrected chi connectivity index (χ1v) is 10.1. The van der Waals surface area contributed by atoms with Gasteiger partial charge in [-0.3, -0.25) is 0 Å². The highest BCUT2D eigenvalue weighted by molar-refractivity contribution is 5.47. The number of hydrogen-bond acceptors (Lipinski definition) is 5. The van der Waals surface area contributed by atoms with Crippen molar-refractivity contribution in [2.75, 3.05) is 0 Å². The van der Waals surface area contributed by atoms with Crippen molar-refractivity contribution in [1.82, 2.24) is 29.6 Å². The second-order valence-electron chi connectivity index (χ2n) is 7.82. The fourth-order valence-corrected chi connectivity index (χ4v) is 3.59. The van der Waals surface area contributed by atoms with Crippen LogP contribution < -0.4 is 10.4 Å². The minimum Gasteiger partial charge on any atom is -0.489 e. The summed E-state index contributed by atoms with van der Waals surface area (Å²) in [5.74, 6) is 0.780. The summed E-state index contributed by atoms with van der Waals surface area (Å²) in [6.45, 7) is 10.5. The lowest BCUT2D eigenvalue weighted by atomic mass is 10.1. The van der Waals surface area contributed by atoms with Gasteiger partial charge < -0.3 is 4.74 Å². The Bertz CT molecular complexity index is 1330. The molecule has 160 valence electrons. The van der Waals surface area contributed by atoms with Crippen molar-refractivity contribution in [1.29, 1.82) is 0 Å². The van der Waals surface area contributed by atoms with Gasteiger partial charge in [-0.05, 0) is 86.0 Å². The molecule has 31 heavy (non-hydrogen) atoms. The zero-order valence-corrected chi connectivity index (χ0v) is 18.7. The summed E-state index contributed by atoms with van der Waals surface area (Å²) >= 11 is 0. The summed E-state index contributed by atoms with van der Waals surface area (Å²) in [6.07, 6.45) is 0. The highest BCUT2D eigenvalue weighted by atomic mass is 16.5. The highest BCUT2D eigenvalue weighted by Gasteiger charge is 2.15. The lowest BCUT2D eigenvalue weighted by molar-refractivity contribution is 0.302. The molecule has 8 heteroatoms. The van der Waals surface area contributed by atoms with Crippen molar-refractivity contribution in [3.63, 3.8) is 0 Å². The molecular weight excluding hydrogens is 392 g/mol. The summed E-state index contributed by atoms with van der Waals surface area (Å²) in [5.41, 5.74) is 7.65. The van der Waals surface area contributed by atoms with Crippen LogP contribution in [0, 0.1) is 34.6 Å². The fraction of sp³-hybridized carbons (Fsp3) is 0.304. The maximum Gasteiger partial charge on any atom is 0.368 e. The van der Waals surface area contributed by atoms with Gasteiger partial charge in [0.15, 0.2) is 0 Å². The number of aryl methyl sites for hydroxylation is 4. The molecule has 0 fully saturated rings. The quantitative estimate of drug-likeness (QED) is 0.497. The first kappa shape index (κ1) is 20.6. The summed E-state index contributed by atoms with van der Waals surface area (Å²) in [5, 5.41) is 12.4. The van der Waals surface area contributed by atoms with E-state index in [9.17, 15) is 4.79 Å². The molecule has 0 aliphatic carbocycles. The van der Waals surface area contributed by atoms with Crippen molar-refractivity contribution in [3.05, 3.63) is 80.5 Å². The Morgan fingerprint density at radius 2 is 1.71 bits per heavy atom. The van der Waals surface area contributed by atoms with Crippen LogP contribution >= 0.6 is 0 Å². The number of aromatic nitrogens is 6. The molecule has 0 saturated heterocycles. The van der Waals surface area contributed by atoms with E-state index in [1.807, 2.05) is 55.8 Å². The zero-order chi connectivity index (χ0) is 22.3. The van der Waals surface area contributed by atoms with Crippen LogP contribution in [0.15, 0.2) is 41.2 Å². The molecule has 0 N–H and O–H groups in total. The number of nitrogens with zero attached hydrogens (tertiary/aromatic N) is 6. The second-order valence-corrected chi connectivity index (χ2v) is 7.82. The van der Waals surface area contributed by atoms with Crippen LogP contribution in [-0.2, 0) is 13.7 Å². The second kappa shape index (κ2) is 7.86. The predicted octanol–water partition coefficient (Wildman–Crippen LogP) is 3.27. The van der Waals surface area contributed by atoms with Crippen LogP contribution in [0.5, 0.6) is 5.75 Å². The molecule has 0 aliphatic rings. The lowest BCUT2D eigenvalue weighted by Gasteiger charge is -2.15. The van der Waals surface area contributed by atoms with Crippen molar-refractivity contribution < 1.29 is 4.74 Å². The first-order chi connectivity index (χ1) is 14.8. The van der Waals surface area contributed by atoms with Gasteiger partial charge in [0.2, 0.25) is 0 Å². The number of tetrazole rings is 1. The van der Waals surface area contributed by atoms with Crippen LogP contribution in [0.1, 0.15) is 33.6 Å². The van der Waals surface area contributed by atoms with Gasteiger partial charge in [0.05, 0.1) is 17.1 Å². The molecule has 2 aromatic heterocycles. The van der Waals surface area contributed by atoms with E-state index >= 15 is 0 Å². The molecule has 2 heterocycles. The van der Waals surface area contributed by atoms with Gasteiger partial charge in [-0.15, -0.1) is 0 Å². The van der Waals surface area contributed by atoms with E-state index in [-0.39, 0.29) is 5.69 Å². The third-order valence-electron chi connectivity index (χ3n) is 5.76. The summed E-state index contributed by atoms with van der Waals surface area (Å²) < 4.78 is 10.6. The van der Waals surface area contributed by atoms with Gasteiger partial charge in [0, 0.05) is 18.3 Å². The maximum absolute atomic E-state index is 12.3. The molecule has 4 rings (SSSR count). The molecule has 0 radical (unpaired) electrons. The Morgan fingerprint density at radius 3 is 2.32 bits per heavy atom. The summed E-state index contributed by atoms with van der Waals surface area (Å²) in [7, 11) is 1.58. The molecule has 0 bridgehead atoms. The Morgan fingerprint density at radius 1 is 0.935 bits per heavy atom. The van der Waals surface area contributed by atoms with E-state index in [1.165, 1.54) is 14.9 Å². The third-order valence-corrected chi connectivity index (χ3v) is 5.76. The van der Waals surface area contributed by atoms with Gasteiger partial charge in [0.25, 0.3) is 0 Å². The number of hydrogen-bond donors (Lipinski definition) is 0. The van der Waals surface area contributed by atoms with Crippen molar-refractivity contribution in [2.45, 2.75) is 41.2 Å². The molecule has 0 spiro atoms. The Labute approximate surface area is 180 Å². The molecule has 4 aromatic rings. The predicted molar refractivity (Wildman–Crippen MR) is 118 cm³/mol. The number of benzene rings is 2. The minimum atomic E-state index is -0.299. The first-order valence-electron chi connectivity index (χ1n) is 10.1. The van der Waals surface area contributed by atoms with E-state index in [0.29, 0.717) is 12.3 Å². The molecule has 8 nitrogen and oxygen atoms in total. The summed E-state index contributed by atoms with van der Waals surface area (Å²) in [4.78, 5) is 12.3. The summed E-state index contributed by atoms with van der Waals surface area (Å²) in [6, 6.07) is 11.8. The molecule has 0 saturated carbocycles. The Hall–Kier alpha value is -3.68. The molecule has 0 atom stereocenters. The van der Waals surface area contributed by atoms with Gasteiger partial charge >= 0.3 is 5.69 Å². The van der Waals surface area contributed by atoms with Crippen molar-refractivity contribution >= 4 is 0 Å². The molecule has 0 unspecified atom stereocenters. The van der Waals surface area contributed by atoms with Gasteiger partial charge in [-0.1, -0.05) is 12.1 Å². The maximum atomic E-state index is 12.3. The molecule has 0 amide bonds. The topological polar surface area (TPSA) is 79.8 Å². The Balaban J connectivity index is 1.63. The standard InChI is InChI=1S/C23H26N6O2/c1-14-8-7-9-21(29-23(30)27(6)25-26-29)20(14)13-31-22-11-10-19(12-15(22)2)28-18(5)16(3)17(4)24-28/h7-12H,13H2,1-6H3. The molecule has 0 aliphatic heterocycles. The molecular formula is C23H26N6O2. The van der Waals surface area contributed by atoms with E-state index < -0.39 is 0 Å². The zero-order valence-electron chi connectivity index (χ0n) is 18.7. The third kappa shape index (κ3) is 3.65. The minimum absolute atomic E-state index is 0.299. The van der Waals surface area contributed by atoms with E-state index in [2.05, 4.69) is 35.4 Å². The van der Waals surface area contributed by atoms with Crippen LogP contribution in [0.25, 0.3) is 11.4 Å². The van der Waals surface area contributed by atoms with Crippen LogP contribution in [0.3, 0.4) is 0 Å². The number of rotatable bonds is 5. The van der Waals surface area contributed by atoms with Crippen LogP contribution in [0.2, 0.25) is 0 Å². The van der Waals surface area contributed by atoms with E-state index in [0.717, 1.165) is 39.5 Å². The van der Waals surface area contributed by atoms with Gasteiger partial charge in [0.1, 0.15) is 12.4 Å². The largest absolute Gasteiger partial charge is 0.489 e. The fourth-order valence-electron chi connectivity index (χ4n) is 3.59. The smallest absolute Gasteiger partial charge is 0.368 e. The number of ether oxygens (including phenoxy) is 1. The van der Waals surface area contributed by atoms with Crippen molar-refractivity contribution in [3.8, 4) is 17.1 Å².